The zero-order valence-corrected chi connectivity index (χ0v) is 14.8. The van der Waals surface area contributed by atoms with Crippen LogP contribution in [0.1, 0.15) is 42.2 Å². The molecule has 0 radical (unpaired) electrons. The summed E-state index contributed by atoms with van der Waals surface area (Å²) in [6.07, 6.45) is 4.47. The van der Waals surface area contributed by atoms with Crippen LogP contribution in [0.3, 0.4) is 0 Å². The fourth-order valence-electron chi connectivity index (χ4n) is 3.60. The summed E-state index contributed by atoms with van der Waals surface area (Å²) in [6.45, 7) is 2.69. The molecule has 0 bridgehead atoms. The van der Waals surface area contributed by atoms with E-state index < -0.39 is 0 Å². The molecule has 1 saturated carbocycles. The Labute approximate surface area is 150 Å². The minimum Gasteiger partial charge on any atom is -0.454 e. The summed E-state index contributed by atoms with van der Waals surface area (Å²) in [4.78, 5) is 0. The molecule has 1 aromatic carbocycles. The van der Waals surface area contributed by atoms with Gasteiger partial charge in [-0.05, 0) is 43.4 Å². The standard InChI is InChI=1S/C18H21N3O3S/c1-2-12(1)16-20-21-17(25-16)19-10-18(5-7-22-8-6-18)13-3-4-14-15(9-13)24-11-23-14/h3-4,9,12H,1-2,5-8,10-11H2,(H,19,21). The van der Waals surface area contributed by atoms with E-state index in [1.165, 1.54) is 23.4 Å². The minimum atomic E-state index is 0.0185. The van der Waals surface area contributed by atoms with Crippen molar-refractivity contribution in [1.29, 1.82) is 0 Å². The van der Waals surface area contributed by atoms with E-state index in [2.05, 4.69) is 27.6 Å². The van der Waals surface area contributed by atoms with Crippen LogP contribution in [0.15, 0.2) is 18.2 Å². The van der Waals surface area contributed by atoms with Crippen LogP contribution in [0.25, 0.3) is 0 Å². The monoisotopic (exact) mass is 359 g/mol. The Morgan fingerprint density at radius 1 is 1.12 bits per heavy atom. The number of aromatic nitrogens is 2. The van der Waals surface area contributed by atoms with E-state index in [9.17, 15) is 0 Å². The molecule has 0 atom stereocenters. The molecule has 25 heavy (non-hydrogen) atoms. The minimum absolute atomic E-state index is 0.0185. The van der Waals surface area contributed by atoms with Gasteiger partial charge in [-0.3, -0.25) is 0 Å². The van der Waals surface area contributed by atoms with Crippen LogP contribution in [0.2, 0.25) is 0 Å². The molecule has 1 saturated heterocycles. The SMILES string of the molecule is c1cc2c(cc1C1(CNc3nnc(C4CC4)s3)CCOCC1)OCO2. The fraction of sp³-hybridized carbons (Fsp3) is 0.556. The van der Waals surface area contributed by atoms with Gasteiger partial charge in [0.2, 0.25) is 11.9 Å². The van der Waals surface area contributed by atoms with Gasteiger partial charge in [-0.15, -0.1) is 10.2 Å². The average Bonchev–Trinajstić information content (AvgIpc) is 3.21. The summed E-state index contributed by atoms with van der Waals surface area (Å²) in [6, 6.07) is 6.31. The van der Waals surface area contributed by atoms with Crippen LogP contribution in [0.5, 0.6) is 11.5 Å². The number of hydrogen-bond acceptors (Lipinski definition) is 7. The largest absolute Gasteiger partial charge is 0.454 e. The van der Waals surface area contributed by atoms with Crippen molar-refractivity contribution < 1.29 is 14.2 Å². The Morgan fingerprint density at radius 2 is 1.96 bits per heavy atom. The van der Waals surface area contributed by atoms with Gasteiger partial charge >= 0.3 is 0 Å². The fourth-order valence-corrected chi connectivity index (χ4v) is 4.51. The lowest BCUT2D eigenvalue weighted by Crippen LogP contribution is -2.40. The second kappa shape index (κ2) is 6.14. The molecule has 0 spiro atoms. The molecular formula is C18H21N3O3S. The van der Waals surface area contributed by atoms with Gasteiger partial charge in [0.15, 0.2) is 11.5 Å². The molecule has 1 N–H and O–H groups in total. The van der Waals surface area contributed by atoms with Gasteiger partial charge in [0.1, 0.15) is 5.01 Å². The van der Waals surface area contributed by atoms with Crippen molar-refractivity contribution in [3.8, 4) is 11.5 Å². The van der Waals surface area contributed by atoms with E-state index in [-0.39, 0.29) is 5.41 Å². The van der Waals surface area contributed by atoms with E-state index in [0.717, 1.165) is 49.2 Å². The van der Waals surface area contributed by atoms with Crippen LogP contribution in [-0.4, -0.2) is 36.7 Å². The third kappa shape index (κ3) is 2.95. The summed E-state index contributed by atoms with van der Waals surface area (Å²) in [5.41, 5.74) is 1.30. The first-order chi connectivity index (χ1) is 12.3. The Hall–Kier alpha value is -1.86. The predicted octanol–water partition coefficient (Wildman–Crippen LogP) is 3.30. The lowest BCUT2D eigenvalue weighted by Gasteiger charge is -2.38. The van der Waals surface area contributed by atoms with Crippen molar-refractivity contribution >= 4 is 16.5 Å². The summed E-state index contributed by atoms with van der Waals surface area (Å²) in [5, 5.41) is 14.3. The second-order valence-electron chi connectivity index (χ2n) is 7.03. The third-order valence-electron chi connectivity index (χ3n) is 5.38. The molecule has 0 amide bonds. The molecular weight excluding hydrogens is 338 g/mol. The van der Waals surface area contributed by atoms with Crippen LogP contribution >= 0.6 is 11.3 Å². The predicted molar refractivity (Wildman–Crippen MR) is 94.7 cm³/mol. The topological polar surface area (TPSA) is 65.5 Å². The van der Waals surface area contributed by atoms with E-state index in [4.69, 9.17) is 14.2 Å². The number of nitrogens with one attached hydrogen (secondary N) is 1. The first kappa shape index (κ1) is 15.4. The van der Waals surface area contributed by atoms with Gasteiger partial charge < -0.3 is 19.5 Å². The highest BCUT2D eigenvalue weighted by Gasteiger charge is 2.36. The van der Waals surface area contributed by atoms with Crippen molar-refractivity contribution in [2.75, 3.05) is 31.9 Å². The summed E-state index contributed by atoms with van der Waals surface area (Å²) in [5.74, 6) is 2.33. The summed E-state index contributed by atoms with van der Waals surface area (Å²) < 4.78 is 16.7. The molecule has 3 heterocycles. The zero-order chi connectivity index (χ0) is 16.7. The first-order valence-electron chi connectivity index (χ1n) is 8.88. The maximum Gasteiger partial charge on any atom is 0.231 e. The number of ether oxygens (including phenoxy) is 3. The summed E-state index contributed by atoms with van der Waals surface area (Å²) in [7, 11) is 0. The van der Waals surface area contributed by atoms with Gasteiger partial charge in [0.05, 0.1) is 0 Å². The van der Waals surface area contributed by atoms with E-state index in [1.54, 1.807) is 11.3 Å². The Morgan fingerprint density at radius 3 is 2.80 bits per heavy atom. The Bertz CT molecular complexity index is 769. The molecule has 3 aliphatic rings. The van der Waals surface area contributed by atoms with Crippen molar-refractivity contribution in [3.05, 3.63) is 28.8 Å². The van der Waals surface area contributed by atoms with Crippen molar-refractivity contribution in [2.45, 2.75) is 37.0 Å². The Kier molecular flexibility index (Phi) is 3.78. The average molecular weight is 359 g/mol. The van der Waals surface area contributed by atoms with Gasteiger partial charge in [0.25, 0.3) is 0 Å². The molecule has 5 rings (SSSR count). The van der Waals surface area contributed by atoms with E-state index in [1.807, 2.05) is 6.07 Å². The number of nitrogens with zero attached hydrogens (tertiary/aromatic N) is 2. The van der Waals surface area contributed by atoms with E-state index >= 15 is 0 Å². The van der Waals surface area contributed by atoms with Crippen molar-refractivity contribution in [2.24, 2.45) is 0 Å². The summed E-state index contributed by atoms with van der Waals surface area (Å²) >= 11 is 1.70. The normalized spacial score (nSPS) is 21.3. The quantitative estimate of drug-likeness (QED) is 0.884. The molecule has 2 aromatic rings. The molecule has 2 aliphatic heterocycles. The molecule has 1 aliphatic carbocycles. The molecule has 6 nitrogen and oxygen atoms in total. The third-order valence-corrected chi connectivity index (χ3v) is 6.42. The second-order valence-corrected chi connectivity index (χ2v) is 8.04. The smallest absolute Gasteiger partial charge is 0.231 e. The highest BCUT2D eigenvalue weighted by molar-refractivity contribution is 7.15. The number of hydrogen-bond donors (Lipinski definition) is 1. The van der Waals surface area contributed by atoms with Crippen LogP contribution in [-0.2, 0) is 10.2 Å². The first-order valence-corrected chi connectivity index (χ1v) is 9.69. The van der Waals surface area contributed by atoms with Gasteiger partial charge in [-0.1, -0.05) is 17.4 Å². The van der Waals surface area contributed by atoms with Crippen LogP contribution in [0, 0.1) is 0 Å². The van der Waals surface area contributed by atoms with Crippen LogP contribution < -0.4 is 14.8 Å². The zero-order valence-electron chi connectivity index (χ0n) is 14.0. The highest BCUT2D eigenvalue weighted by atomic mass is 32.1. The number of rotatable bonds is 5. The molecule has 1 aromatic heterocycles. The maximum absolute atomic E-state index is 5.63. The van der Waals surface area contributed by atoms with E-state index in [0.29, 0.717) is 12.7 Å². The van der Waals surface area contributed by atoms with Crippen LogP contribution in [0.4, 0.5) is 5.13 Å². The lowest BCUT2D eigenvalue weighted by molar-refractivity contribution is 0.0543. The number of fused-ring (bicyclic) bond motifs is 1. The number of anilines is 1. The highest BCUT2D eigenvalue weighted by Crippen LogP contribution is 2.43. The molecule has 132 valence electrons. The number of benzene rings is 1. The van der Waals surface area contributed by atoms with Gasteiger partial charge in [0, 0.05) is 31.1 Å². The lowest BCUT2D eigenvalue weighted by atomic mass is 9.74. The molecule has 2 fully saturated rings. The maximum atomic E-state index is 5.63. The van der Waals surface area contributed by atoms with Gasteiger partial charge in [-0.25, -0.2) is 0 Å². The van der Waals surface area contributed by atoms with Crippen molar-refractivity contribution in [1.82, 2.24) is 10.2 Å². The molecule has 7 heteroatoms. The Balaban J connectivity index is 1.38. The molecule has 0 unspecified atom stereocenters. The van der Waals surface area contributed by atoms with Crippen molar-refractivity contribution in [3.63, 3.8) is 0 Å². The van der Waals surface area contributed by atoms with Gasteiger partial charge in [-0.2, -0.15) is 0 Å².